The third-order valence-corrected chi connectivity index (χ3v) is 0.302. The first-order valence-corrected chi connectivity index (χ1v) is 1.49. The van der Waals surface area contributed by atoms with Gasteiger partial charge in [0.25, 0.3) is 5.91 Å². The maximum Gasteiger partial charge on any atom is 0.264 e. The largest absolute Gasteiger partial charge is 0.271 e. The molecule has 0 aromatic rings. The highest BCUT2D eigenvalue weighted by Gasteiger charge is 1.82. The molecule has 0 atom stereocenters. The summed E-state index contributed by atoms with van der Waals surface area (Å²) in [6, 6.07) is 0. The van der Waals surface area contributed by atoms with Crippen LogP contribution in [0.25, 0.3) is 0 Å². The monoisotopic (exact) mass is 71.0 g/mol. The van der Waals surface area contributed by atoms with Crippen LogP contribution in [0.1, 0.15) is 13.3 Å². The molecule has 0 aliphatic rings. The zero-order chi connectivity index (χ0) is 4.28. The highest BCUT2D eigenvalue weighted by Crippen LogP contribution is 1.65. The van der Waals surface area contributed by atoms with Crippen molar-refractivity contribution in [3.8, 4) is 0 Å². The molecule has 0 aromatic carbocycles. The van der Waals surface area contributed by atoms with Crippen molar-refractivity contribution >= 4 is 5.91 Å². The number of hydrogen-bond donors (Lipinski definition) is 0. The highest BCUT2D eigenvalue weighted by atomic mass is 16.1. The maximum atomic E-state index is 9.37. The van der Waals surface area contributed by atoms with E-state index in [0.29, 0.717) is 0 Å². The van der Waals surface area contributed by atoms with Gasteiger partial charge in [-0.05, 0) is 0 Å². The average molecular weight is 71.1 g/mol. The van der Waals surface area contributed by atoms with E-state index in [9.17, 15) is 4.79 Å². The van der Waals surface area contributed by atoms with Crippen LogP contribution >= 0.6 is 0 Å². The molecule has 2 nitrogen and oxygen atoms in total. The van der Waals surface area contributed by atoms with Gasteiger partial charge in [0, 0.05) is 6.42 Å². The predicted molar refractivity (Wildman–Crippen MR) is 17.4 cm³/mol. The summed E-state index contributed by atoms with van der Waals surface area (Å²) in [4.78, 5) is 9.37. The summed E-state index contributed by atoms with van der Waals surface area (Å²) in [6.07, 6.45) is 0.222. The minimum Gasteiger partial charge on any atom is -0.271 e. The molecule has 1 amide bonds. The molecule has 2 radical (unpaired) electrons. The fourth-order valence-corrected chi connectivity index (χ4v) is 0. The van der Waals surface area contributed by atoms with Crippen molar-refractivity contribution in [1.29, 1.82) is 0 Å². The molecule has 0 saturated heterocycles. The van der Waals surface area contributed by atoms with E-state index >= 15 is 0 Å². The molecule has 0 aliphatic carbocycles. The van der Waals surface area contributed by atoms with E-state index in [1.165, 1.54) is 0 Å². The fraction of sp³-hybridized carbons (Fsp3) is 0.667. The van der Waals surface area contributed by atoms with Gasteiger partial charge >= 0.3 is 0 Å². The van der Waals surface area contributed by atoms with Crippen LogP contribution in [-0.2, 0) is 4.79 Å². The SMILES string of the molecule is CCC([N])=O. The first kappa shape index (κ1) is 4.47. The Morgan fingerprint density at radius 3 is 2.20 bits per heavy atom. The molecular weight excluding hydrogens is 66.0 g/mol. The average Bonchev–Trinajstić information content (AvgIpc) is 1.38. The lowest BCUT2D eigenvalue weighted by molar-refractivity contribution is -0.118. The Balaban J connectivity index is 2.85. The summed E-state index contributed by atoms with van der Waals surface area (Å²) in [5, 5.41) is 0. The van der Waals surface area contributed by atoms with Crippen molar-refractivity contribution in [2.75, 3.05) is 0 Å². The molecule has 0 saturated carbocycles. The van der Waals surface area contributed by atoms with Crippen molar-refractivity contribution in [3.63, 3.8) is 0 Å². The number of hydrogen-bond acceptors (Lipinski definition) is 1. The lowest BCUT2D eigenvalue weighted by Gasteiger charge is -1.67. The summed E-state index contributed by atoms with van der Waals surface area (Å²) >= 11 is 0. The van der Waals surface area contributed by atoms with E-state index < -0.39 is 5.91 Å². The minimum atomic E-state index is -0.745. The van der Waals surface area contributed by atoms with Gasteiger partial charge in [-0.3, -0.25) is 4.79 Å². The van der Waals surface area contributed by atoms with Crippen molar-refractivity contribution in [3.05, 3.63) is 0 Å². The molecular formula is C3H5NO. The van der Waals surface area contributed by atoms with Crippen LogP contribution in [0, 0.1) is 0 Å². The molecule has 0 aliphatic heterocycles. The van der Waals surface area contributed by atoms with Crippen molar-refractivity contribution in [2.45, 2.75) is 13.3 Å². The van der Waals surface area contributed by atoms with Gasteiger partial charge < -0.3 is 0 Å². The van der Waals surface area contributed by atoms with E-state index in [2.05, 4.69) is 0 Å². The second-order valence-electron chi connectivity index (χ2n) is 0.747. The Kier molecular flexibility index (Phi) is 1.57. The molecule has 2 heteroatoms. The molecule has 0 rings (SSSR count). The normalized spacial score (nSPS) is 7.40. The van der Waals surface area contributed by atoms with Crippen LogP contribution in [0.4, 0.5) is 0 Å². The molecule has 0 fully saturated rings. The Hall–Kier alpha value is -0.530. The Labute approximate surface area is 31.0 Å². The predicted octanol–water partition coefficient (Wildman–Crippen LogP) is -0.00830. The number of nitrogens with zero attached hydrogens (tertiary/aromatic N) is 1. The van der Waals surface area contributed by atoms with Gasteiger partial charge in [0.15, 0.2) is 0 Å². The molecule has 0 heterocycles. The Bertz CT molecular complexity index is 42.2. The first-order valence-electron chi connectivity index (χ1n) is 1.49. The van der Waals surface area contributed by atoms with E-state index in [-0.39, 0.29) is 6.42 Å². The zero-order valence-corrected chi connectivity index (χ0v) is 3.06. The molecule has 0 aromatic heterocycles. The molecule has 28 valence electrons. The minimum absolute atomic E-state index is 0.222. The van der Waals surface area contributed by atoms with Crippen LogP contribution in [0.15, 0.2) is 0 Å². The van der Waals surface area contributed by atoms with Crippen molar-refractivity contribution in [1.82, 2.24) is 5.73 Å². The molecule has 0 N–H and O–H groups in total. The summed E-state index contributed by atoms with van der Waals surface area (Å²) in [5.74, 6) is -0.745. The second-order valence-corrected chi connectivity index (χ2v) is 0.747. The number of amides is 1. The quantitative estimate of drug-likeness (QED) is 0.428. The standard InChI is InChI=1S/C3H5NO/c1-2-3(4)5/h2H2,1H3. The Morgan fingerprint density at radius 2 is 2.20 bits per heavy atom. The summed E-state index contributed by atoms with van der Waals surface area (Å²) in [6.45, 7) is 1.60. The third kappa shape index (κ3) is 3.47. The Morgan fingerprint density at radius 1 is 2.00 bits per heavy atom. The molecule has 0 bridgehead atoms. The number of carbonyl (C=O) groups is 1. The fourth-order valence-electron chi connectivity index (χ4n) is 0. The van der Waals surface area contributed by atoms with Crippen molar-refractivity contribution in [2.24, 2.45) is 0 Å². The summed E-state index contributed by atoms with van der Waals surface area (Å²) < 4.78 is 0. The van der Waals surface area contributed by atoms with E-state index in [0.717, 1.165) is 0 Å². The second kappa shape index (κ2) is 1.76. The van der Waals surface area contributed by atoms with Crippen LogP contribution in [0.3, 0.4) is 0 Å². The van der Waals surface area contributed by atoms with Crippen LogP contribution < -0.4 is 5.73 Å². The van der Waals surface area contributed by atoms with E-state index in [1.54, 1.807) is 6.92 Å². The third-order valence-electron chi connectivity index (χ3n) is 0.302. The van der Waals surface area contributed by atoms with Gasteiger partial charge in [0.05, 0.1) is 0 Å². The summed E-state index contributed by atoms with van der Waals surface area (Å²) in [5.41, 5.74) is 7.72. The molecule has 5 heavy (non-hydrogen) atoms. The van der Waals surface area contributed by atoms with Gasteiger partial charge in [0.1, 0.15) is 0 Å². The first-order chi connectivity index (χ1) is 2.27. The highest BCUT2D eigenvalue weighted by molar-refractivity contribution is 5.72. The maximum absolute atomic E-state index is 9.37. The smallest absolute Gasteiger partial charge is 0.264 e. The van der Waals surface area contributed by atoms with Gasteiger partial charge in [-0.25, -0.2) is 0 Å². The van der Waals surface area contributed by atoms with Gasteiger partial charge in [-0.1, -0.05) is 6.92 Å². The van der Waals surface area contributed by atoms with Crippen LogP contribution in [0.5, 0.6) is 0 Å². The van der Waals surface area contributed by atoms with Crippen LogP contribution in [0.2, 0.25) is 0 Å². The lowest BCUT2D eigenvalue weighted by Crippen LogP contribution is -1.90. The van der Waals surface area contributed by atoms with Gasteiger partial charge in [-0.15, -0.1) is 5.73 Å². The van der Waals surface area contributed by atoms with Crippen molar-refractivity contribution < 1.29 is 4.79 Å². The van der Waals surface area contributed by atoms with E-state index in [4.69, 9.17) is 5.73 Å². The topological polar surface area (TPSA) is 39.4 Å². The lowest BCUT2D eigenvalue weighted by atomic mass is 10.5. The summed E-state index contributed by atoms with van der Waals surface area (Å²) in [7, 11) is 0. The molecule has 0 unspecified atom stereocenters. The van der Waals surface area contributed by atoms with Gasteiger partial charge in [-0.2, -0.15) is 0 Å². The zero-order valence-electron chi connectivity index (χ0n) is 3.06. The molecule has 0 spiro atoms. The number of carbonyl (C=O) groups excluding carboxylic acids is 1. The van der Waals surface area contributed by atoms with Gasteiger partial charge in [0.2, 0.25) is 0 Å². The van der Waals surface area contributed by atoms with E-state index in [1.807, 2.05) is 0 Å². The number of rotatable bonds is 1. The van der Waals surface area contributed by atoms with Crippen LogP contribution in [-0.4, -0.2) is 5.91 Å².